The van der Waals surface area contributed by atoms with Crippen LogP contribution in [0.1, 0.15) is 11.1 Å². The fraction of sp³-hybridized carbons (Fsp3) is 0.300. The molecule has 5 nitrogen and oxygen atoms in total. The lowest BCUT2D eigenvalue weighted by molar-refractivity contribution is -1.02. The minimum Gasteiger partial charge on any atom is -0.322 e. The average Bonchev–Trinajstić information content (AvgIpc) is 2.67. The van der Waals surface area contributed by atoms with Crippen molar-refractivity contribution in [3.05, 3.63) is 69.7 Å². The van der Waals surface area contributed by atoms with Crippen LogP contribution in [0.25, 0.3) is 0 Å². The minimum absolute atomic E-state index is 0.0761. The van der Waals surface area contributed by atoms with Gasteiger partial charge >= 0.3 is 0 Å². The Morgan fingerprint density at radius 1 is 1.00 bits per heavy atom. The Hall–Kier alpha value is -1.92. The standard InChI is InChI=1S/C20H22Cl2N4O/c21-18-7-6-17(12-19(18)22)13-23-24-20(27)15-26-10-8-25(9-11-26)14-16-4-2-1-3-5-16/h1-7,12-13H,8-11,14-15H2,(H,24,27)/p+2. The van der Waals surface area contributed by atoms with Crippen molar-refractivity contribution in [2.24, 2.45) is 5.10 Å². The van der Waals surface area contributed by atoms with E-state index in [0.29, 0.717) is 16.6 Å². The zero-order valence-corrected chi connectivity index (χ0v) is 16.6. The Bertz CT molecular complexity index is 790. The third kappa shape index (κ3) is 6.33. The molecule has 0 bridgehead atoms. The smallest absolute Gasteiger partial charge is 0.295 e. The van der Waals surface area contributed by atoms with E-state index in [-0.39, 0.29) is 5.91 Å². The highest BCUT2D eigenvalue weighted by atomic mass is 35.5. The molecule has 1 amide bonds. The zero-order chi connectivity index (χ0) is 19.1. The van der Waals surface area contributed by atoms with Gasteiger partial charge in [-0.25, -0.2) is 5.43 Å². The van der Waals surface area contributed by atoms with E-state index >= 15 is 0 Å². The summed E-state index contributed by atoms with van der Waals surface area (Å²) in [6, 6.07) is 15.8. The van der Waals surface area contributed by atoms with E-state index in [2.05, 4.69) is 34.8 Å². The maximum atomic E-state index is 12.1. The lowest BCUT2D eigenvalue weighted by Crippen LogP contribution is -3.28. The zero-order valence-electron chi connectivity index (χ0n) is 15.1. The molecule has 0 spiro atoms. The van der Waals surface area contributed by atoms with Gasteiger partial charge in [-0.3, -0.25) is 4.79 Å². The number of amides is 1. The molecule has 1 heterocycles. The summed E-state index contributed by atoms with van der Waals surface area (Å²) in [7, 11) is 0. The summed E-state index contributed by atoms with van der Waals surface area (Å²) >= 11 is 11.8. The molecule has 1 fully saturated rings. The molecule has 142 valence electrons. The molecular formula is C20H24Cl2N4O+2. The number of hydrogen-bond donors (Lipinski definition) is 3. The first-order chi connectivity index (χ1) is 13.1. The van der Waals surface area contributed by atoms with Gasteiger partial charge in [0.2, 0.25) is 0 Å². The van der Waals surface area contributed by atoms with Gasteiger partial charge in [0.05, 0.1) is 16.3 Å². The fourth-order valence-corrected chi connectivity index (χ4v) is 3.54. The van der Waals surface area contributed by atoms with Crippen LogP contribution in [0.2, 0.25) is 10.0 Å². The number of carbonyl (C=O) groups is 1. The van der Waals surface area contributed by atoms with Crippen LogP contribution in [0.15, 0.2) is 53.6 Å². The summed E-state index contributed by atoms with van der Waals surface area (Å²) in [5.74, 6) is -0.0761. The number of quaternary nitrogens is 2. The highest BCUT2D eigenvalue weighted by Crippen LogP contribution is 2.21. The summed E-state index contributed by atoms with van der Waals surface area (Å²) in [6.07, 6.45) is 1.57. The van der Waals surface area contributed by atoms with Gasteiger partial charge in [0.1, 0.15) is 32.7 Å². The predicted molar refractivity (Wildman–Crippen MR) is 109 cm³/mol. The molecule has 0 unspecified atom stereocenters. The summed E-state index contributed by atoms with van der Waals surface area (Å²) in [4.78, 5) is 15.0. The molecule has 0 aliphatic carbocycles. The van der Waals surface area contributed by atoms with Crippen molar-refractivity contribution >= 4 is 35.3 Å². The van der Waals surface area contributed by atoms with Gasteiger partial charge in [-0.2, -0.15) is 5.10 Å². The van der Waals surface area contributed by atoms with Gasteiger partial charge in [-0.05, 0) is 17.7 Å². The van der Waals surface area contributed by atoms with Crippen LogP contribution in [-0.4, -0.2) is 44.8 Å². The molecule has 27 heavy (non-hydrogen) atoms. The summed E-state index contributed by atoms with van der Waals surface area (Å²) in [5, 5.41) is 4.96. The second-order valence-corrected chi connectivity index (χ2v) is 7.62. The fourth-order valence-electron chi connectivity index (χ4n) is 3.23. The highest BCUT2D eigenvalue weighted by molar-refractivity contribution is 6.42. The first kappa shape index (κ1) is 19.8. The average molecular weight is 407 g/mol. The van der Waals surface area contributed by atoms with Crippen LogP contribution >= 0.6 is 23.2 Å². The quantitative estimate of drug-likeness (QED) is 0.472. The van der Waals surface area contributed by atoms with Crippen molar-refractivity contribution < 1.29 is 14.6 Å². The van der Waals surface area contributed by atoms with Crippen LogP contribution in [0.3, 0.4) is 0 Å². The number of piperazine rings is 1. The molecule has 0 atom stereocenters. The van der Waals surface area contributed by atoms with E-state index in [0.717, 1.165) is 38.3 Å². The molecule has 3 rings (SSSR count). The molecule has 3 N–H and O–H groups in total. The van der Waals surface area contributed by atoms with E-state index < -0.39 is 0 Å². The number of nitrogens with one attached hydrogen (secondary N) is 3. The number of benzene rings is 2. The van der Waals surface area contributed by atoms with Crippen molar-refractivity contribution in [2.75, 3.05) is 32.7 Å². The van der Waals surface area contributed by atoms with Gasteiger partial charge in [-0.1, -0.05) is 59.6 Å². The van der Waals surface area contributed by atoms with Crippen LogP contribution in [0.4, 0.5) is 0 Å². The van der Waals surface area contributed by atoms with Crippen molar-refractivity contribution in [1.29, 1.82) is 0 Å². The topological polar surface area (TPSA) is 50.3 Å². The Morgan fingerprint density at radius 2 is 1.70 bits per heavy atom. The lowest BCUT2D eigenvalue weighted by atomic mass is 10.2. The molecule has 1 aliphatic rings. The van der Waals surface area contributed by atoms with Crippen molar-refractivity contribution in [1.82, 2.24) is 5.43 Å². The van der Waals surface area contributed by atoms with Gasteiger partial charge in [0.25, 0.3) is 5.91 Å². The van der Waals surface area contributed by atoms with E-state index in [1.165, 1.54) is 10.5 Å². The third-order valence-electron chi connectivity index (χ3n) is 4.72. The van der Waals surface area contributed by atoms with Crippen molar-refractivity contribution in [2.45, 2.75) is 6.54 Å². The second kappa shape index (κ2) is 9.85. The first-order valence-corrected chi connectivity index (χ1v) is 9.84. The predicted octanol–water partition coefficient (Wildman–Crippen LogP) is 0.427. The maximum absolute atomic E-state index is 12.1. The molecule has 1 saturated heterocycles. The molecule has 1 aliphatic heterocycles. The number of halogens is 2. The molecular weight excluding hydrogens is 383 g/mol. The largest absolute Gasteiger partial charge is 0.322 e. The van der Waals surface area contributed by atoms with E-state index in [1.54, 1.807) is 29.3 Å². The molecule has 2 aromatic rings. The highest BCUT2D eigenvalue weighted by Gasteiger charge is 2.24. The number of hydrazone groups is 1. The Labute approximate surface area is 169 Å². The van der Waals surface area contributed by atoms with E-state index in [4.69, 9.17) is 23.2 Å². The monoisotopic (exact) mass is 406 g/mol. The molecule has 7 heteroatoms. The number of nitrogens with zero attached hydrogens (tertiary/aromatic N) is 1. The Morgan fingerprint density at radius 3 is 2.41 bits per heavy atom. The lowest BCUT2D eigenvalue weighted by Gasteiger charge is -2.29. The van der Waals surface area contributed by atoms with E-state index in [1.807, 2.05) is 6.07 Å². The normalized spacial score (nSPS) is 19.9. The van der Waals surface area contributed by atoms with Crippen LogP contribution in [0.5, 0.6) is 0 Å². The molecule has 0 saturated carbocycles. The van der Waals surface area contributed by atoms with Gasteiger partial charge < -0.3 is 9.80 Å². The van der Waals surface area contributed by atoms with Crippen molar-refractivity contribution in [3.63, 3.8) is 0 Å². The van der Waals surface area contributed by atoms with Crippen LogP contribution < -0.4 is 15.2 Å². The molecule has 0 radical (unpaired) electrons. The van der Waals surface area contributed by atoms with Gasteiger partial charge in [-0.15, -0.1) is 0 Å². The minimum atomic E-state index is -0.0761. The Kier molecular flexibility index (Phi) is 7.24. The van der Waals surface area contributed by atoms with Gasteiger partial charge in [0.15, 0.2) is 6.54 Å². The number of carbonyl (C=O) groups excluding carboxylic acids is 1. The summed E-state index contributed by atoms with van der Waals surface area (Å²) < 4.78 is 0. The van der Waals surface area contributed by atoms with E-state index in [9.17, 15) is 4.79 Å². The van der Waals surface area contributed by atoms with Crippen LogP contribution in [0, 0.1) is 0 Å². The number of rotatable bonds is 6. The second-order valence-electron chi connectivity index (χ2n) is 6.81. The summed E-state index contributed by atoms with van der Waals surface area (Å²) in [5.41, 5.74) is 4.74. The maximum Gasteiger partial charge on any atom is 0.295 e. The summed E-state index contributed by atoms with van der Waals surface area (Å²) in [6.45, 7) is 5.62. The molecule has 2 aromatic carbocycles. The number of hydrogen-bond acceptors (Lipinski definition) is 2. The van der Waals surface area contributed by atoms with Crippen molar-refractivity contribution in [3.8, 4) is 0 Å². The first-order valence-electron chi connectivity index (χ1n) is 9.08. The third-order valence-corrected chi connectivity index (χ3v) is 5.46. The van der Waals surface area contributed by atoms with Gasteiger partial charge in [0, 0.05) is 5.56 Å². The Balaban J connectivity index is 1.39. The van der Waals surface area contributed by atoms with Crippen LogP contribution in [-0.2, 0) is 11.3 Å². The molecule has 0 aromatic heterocycles. The SMILES string of the molecule is O=C(C[NH+]1CC[NH+](Cc2ccccc2)CC1)NN=Cc1ccc(Cl)c(Cl)c1.